The van der Waals surface area contributed by atoms with Gasteiger partial charge in [0.05, 0.1) is 12.5 Å². The van der Waals surface area contributed by atoms with Crippen molar-refractivity contribution in [2.24, 2.45) is 0 Å². The minimum atomic E-state index is -1.01. The lowest BCUT2D eigenvalue weighted by Gasteiger charge is -2.17. The quantitative estimate of drug-likeness (QED) is 0.724. The first kappa shape index (κ1) is 16.5. The fraction of sp³-hybridized carbons (Fsp3) is 0.429. The lowest BCUT2D eigenvalue weighted by atomic mass is 10.0. The fourth-order valence-electron chi connectivity index (χ4n) is 1.77. The molecule has 0 aliphatic carbocycles. The van der Waals surface area contributed by atoms with Crippen LogP contribution in [0.3, 0.4) is 0 Å². The SMILES string of the molecule is CSCCCC(=O)NC(CC(=O)O)c1ccc(F)cc1. The average molecular weight is 299 g/mol. The summed E-state index contributed by atoms with van der Waals surface area (Å²) in [6.07, 6.45) is 2.85. The molecule has 0 aliphatic rings. The van der Waals surface area contributed by atoms with Crippen molar-refractivity contribution in [3.05, 3.63) is 35.6 Å². The van der Waals surface area contributed by atoms with Gasteiger partial charge in [-0.05, 0) is 36.1 Å². The second-order valence-corrected chi connectivity index (χ2v) is 5.35. The monoisotopic (exact) mass is 299 g/mol. The van der Waals surface area contributed by atoms with Crippen LogP contribution in [0.5, 0.6) is 0 Å². The molecule has 2 N–H and O–H groups in total. The number of hydrogen-bond acceptors (Lipinski definition) is 3. The lowest BCUT2D eigenvalue weighted by Crippen LogP contribution is -2.30. The highest BCUT2D eigenvalue weighted by Crippen LogP contribution is 2.18. The zero-order chi connectivity index (χ0) is 15.0. The molecule has 1 aromatic carbocycles. The summed E-state index contributed by atoms with van der Waals surface area (Å²) < 4.78 is 12.9. The van der Waals surface area contributed by atoms with Crippen LogP contribution in [0.4, 0.5) is 4.39 Å². The molecule has 0 heterocycles. The van der Waals surface area contributed by atoms with Gasteiger partial charge < -0.3 is 10.4 Å². The van der Waals surface area contributed by atoms with Gasteiger partial charge in [-0.15, -0.1) is 0 Å². The Hall–Kier alpha value is -1.56. The maximum atomic E-state index is 12.9. The molecule has 20 heavy (non-hydrogen) atoms. The van der Waals surface area contributed by atoms with Crippen LogP contribution in [-0.2, 0) is 9.59 Å². The molecule has 0 saturated heterocycles. The van der Waals surface area contributed by atoms with Gasteiger partial charge in [-0.3, -0.25) is 9.59 Å². The molecular weight excluding hydrogens is 281 g/mol. The van der Waals surface area contributed by atoms with E-state index in [9.17, 15) is 14.0 Å². The molecule has 1 aromatic rings. The molecular formula is C14H18FNO3S. The molecule has 0 aliphatic heterocycles. The third kappa shape index (κ3) is 6.06. The summed E-state index contributed by atoms with van der Waals surface area (Å²) in [4.78, 5) is 22.6. The summed E-state index contributed by atoms with van der Waals surface area (Å²) in [6.45, 7) is 0. The zero-order valence-electron chi connectivity index (χ0n) is 11.3. The number of thioether (sulfide) groups is 1. The molecule has 1 amide bonds. The molecule has 6 heteroatoms. The number of amides is 1. The van der Waals surface area contributed by atoms with Crippen LogP contribution in [0.2, 0.25) is 0 Å². The third-order valence-corrected chi connectivity index (χ3v) is 3.44. The predicted molar refractivity (Wildman–Crippen MR) is 77.2 cm³/mol. The van der Waals surface area contributed by atoms with Crippen molar-refractivity contribution in [2.45, 2.75) is 25.3 Å². The first-order valence-electron chi connectivity index (χ1n) is 6.28. The van der Waals surface area contributed by atoms with Crippen molar-refractivity contribution in [2.75, 3.05) is 12.0 Å². The topological polar surface area (TPSA) is 66.4 Å². The second kappa shape index (κ2) is 8.58. The molecule has 0 saturated carbocycles. The van der Waals surface area contributed by atoms with Crippen molar-refractivity contribution >= 4 is 23.6 Å². The molecule has 0 fully saturated rings. The predicted octanol–water partition coefficient (Wildman–Crippen LogP) is 2.60. The normalized spacial score (nSPS) is 11.9. The van der Waals surface area contributed by atoms with E-state index in [2.05, 4.69) is 5.32 Å². The van der Waals surface area contributed by atoms with Crippen LogP contribution in [0.25, 0.3) is 0 Å². The number of aliphatic carboxylic acids is 1. The van der Waals surface area contributed by atoms with Crippen LogP contribution in [-0.4, -0.2) is 29.0 Å². The standard InChI is InChI=1S/C14H18FNO3S/c1-20-8-2-3-13(17)16-12(9-14(18)19)10-4-6-11(15)7-5-10/h4-7,12H,2-3,8-9H2,1H3,(H,16,17)(H,18,19). The van der Waals surface area contributed by atoms with Crippen LogP contribution >= 0.6 is 11.8 Å². The van der Waals surface area contributed by atoms with Crippen molar-refractivity contribution in [1.29, 1.82) is 0 Å². The van der Waals surface area contributed by atoms with E-state index >= 15 is 0 Å². The Balaban J connectivity index is 2.67. The lowest BCUT2D eigenvalue weighted by molar-refractivity contribution is -0.137. The summed E-state index contributed by atoms with van der Waals surface area (Å²) in [5.41, 5.74) is 0.590. The summed E-state index contributed by atoms with van der Waals surface area (Å²) >= 11 is 1.66. The van der Waals surface area contributed by atoms with Gasteiger partial charge in [-0.2, -0.15) is 11.8 Å². The molecule has 1 unspecified atom stereocenters. The molecule has 0 radical (unpaired) electrons. The summed E-state index contributed by atoms with van der Waals surface area (Å²) in [5, 5.41) is 11.6. The number of nitrogens with one attached hydrogen (secondary N) is 1. The maximum absolute atomic E-state index is 12.9. The Bertz CT molecular complexity index is 450. The van der Waals surface area contributed by atoms with E-state index < -0.39 is 17.8 Å². The van der Waals surface area contributed by atoms with Gasteiger partial charge in [0.1, 0.15) is 5.82 Å². The highest BCUT2D eigenvalue weighted by Gasteiger charge is 2.17. The maximum Gasteiger partial charge on any atom is 0.305 e. The highest BCUT2D eigenvalue weighted by molar-refractivity contribution is 7.98. The number of halogens is 1. The van der Waals surface area contributed by atoms with Gasteiger partial charge in [0.15, 0.2) is 0 Å². The number of benzene rings is 1. The first-order valence-corrected chi connectivity index (χ1v) is 7.68. The van der Waals surface area contributed by atoms with Gasteiger partial charge in [-0.1, -0.05) is 12.1 Å². The van der Waals surface area contributed by atoms with Crippen LogP contribution < -0.4 is 5.32 Å². The fourth-order valence-corrected chi connectivity index (χ4v) is 2.20. The minimum absolute atomic E-state index is 0.186. The van der Waals surface area contributed by atoms with Gasteiger partial charge >= 0.3 is 5.97 Å². The molecule has 0 bridgehead atoms. The zero-order valence-corrected chi connectivity index (χ0v) is 12.1. The van der Waals surface area contributed by atoms with Crippen LogP contribution in [0.1, 0.15) is 30.9 Å². The average Bonchev–Trinajstić information content (AvgIpc) is 2.38. The smallest absolute Gasteiger partial charge is 0.305 e. The Kier molecular flexibility index (Phi) is 7.08. The van der Waals surface area contributed by atoms with Gasteiger partial charge in [0.25, 0.3) is 0 Å². The molecule has 1 rings (SSSR count). The number of hydrogen-bond donors (Lipinski definition) is 2. The van der Waals surface area contributed by atoms with E-state index in [1.165, 1.54) is 24.3 Å². The van der Waals surface area contributed by atoms with Crippen molar-refractivity contribution in [3.63, 3.8) is 0 Å². The van der Waals surface area contributed by atoms with Crippen molar-refractivity contribution in [3.8, 4) is 0 Å². The van der Waals surface area contributed by atoms with E-state index in [-0.39, 0.29) is 12.3 Å². The van der Waals surface area contributed by atoms with Gasteiger partial charge in [0, 0.05) is 6.42 Å². The van der Waals surface area contributed by atoms with E-state index in [1.807, 2.05) is 6.26 Å². The van der Waals surface area contributed by atoms with E-state index in [0.29, 0.717) is 12.0 Å². The second-order valence-electron chi connectivity index (χ2n) is 4.37. The molecule has 0 spiro atoms. The van der Waals surface area contributed by atoms with Crippen molar-refractivity contribution < 1.29 is 19.1 Å². The minimum Gasteiger partial charge on any atom is -0.481 e. The largest absolute Gasteiger partial charge is 0.481 e. The molecule has 0 aromatic heterocycles. The molecule has 4 nitrogen and oxygen atoms in total. The van der Waals surface area contributed by atoms with E-state index in [0.717, 1.165) is 12.2 Å². The number of carboxylic acids is 1. The third-order valence-electron chi connectivity index (χ3n) is 2.74. The summed E-state index contributed by atoms with van der Waals surface area (Å²) in [6, 6.07) is 4.86. The number of carbonyl (C=O) groups is 2. The summed E-state index contributed by atoms with van der Waals surface area (Å²) in [5.74, 6) is -0.708. The Morgan fingerprint density at radius 3 is 2.55 bits per heavy atom. The van der Waals surface area contributed by atoms with Crippen LogP contribution in [0, 0.1) is 5.82 Å². The van der Waals surface area contributed by atoms with Crippen molar-refractivity contribution in [1.82, 2.24) is 5.32 Å². The summed E-state index contributed by atoms with van der Waals surface area (Å²) in [7, 11) is 0. The number of carboxylic acid groups (broad SMARTS) is 1. The first-order chi connectivity index (χ1) is 9.52. The van der Waals surface area contributed by atoms with Gasteiger partial charge in [0.2, 0.25) is 5.91 Å². The highest BCUT2D eigenvalue weighted by atomic mass is 32.2. The molecule has 1 atom stereocenters. The van der Waals surface area contributed by atoms with E-state index in [4.69, 9.17) is 5.11 Å². The van der Waals surface area contributed by atoms with Gasteiger partial charge in [-0.25, -0.2) is 4.39 Å². The Morgan fingerprint density at radius 2 is 2.00 bits per heavy atom. The number of rotatable bonds is 8. The Morgan fingerprint density at radius 1 is 1.35 bits per heavy atom. The number of carbonyl (C=O) groups excluding carboxylic acids is 1. The molecule has 110 valence electrons. The van der Waals surface area contributed by atoms with E-state index in [1.54, 1.807) is 11.8 Å². The van der Waals surface area contributed by atoms with Crippen LogP contribution in [0.15, 0.2) is 24.3 Å². The Labute approximate surface area is 121 Å².